The molecular weight excluding hydrogens is 356 g/mol. The zero-order valence-electron chi connectivity index (χ0n) is 14.0. The van der Waals surface area contributed by atoms with Crippen LogP contribution in [0, 0.1) is 10.1 Å². The number of hydrazone groups is 1. The fourth-order valence-electron chi connectivity index (χ4n) is 2.47. The Morgan fingerprint density at radius 3 is 2.62 bits per heavy atom. The number of benzene rings is 2. The van der Waals surface area contributed by atoms with E-state index in [4.69, 9.17) is 11.6 Å². The summed E-state index contributed by atoms with van der Waals surface area (Å²) in [6.45, 7) is 0. The van der Waals surface area contributed by atoms with E-state index in [1.807, 2.05) is 24.3 Å². The molecule has 0 spiro atoms. The van der Waals surface area contributed by atoms with Crippen molar-refractivity contribution in [2.45, 2.75) is 0 Å². The maximum absolute atomic E-state index is 11.2. The summed E-state index contributed by atoms with van der Waals surface area (Å²) in [5.41, 5.74) is 3.92. The highest BCUT2D eigenvalue weighted by Crippen LogP contribution is 2.27. The molecule has 0 fully saturated rings. The molecule has 1 heterocycles. The lowest BCUT2D eigenvalue weighted by Gasteiger charge is -2.12. The van der Waals surface area contributed by atoms with Gasteiger partial charge in [-0.2, -0.15) is 5.10 Å². The van der Waals surface area contributed by atoms with E-state index in [1.54, 1.807) is 31.1 Å². The standard InChI is InChI=1S/C17H15ClN6O2/c1-23(2)14-8-7-11(9-15(14)24(25)26)10-19-21-17-13-6-4-3-5-12(13)16(18)20-22-17/h3-10H,1-2H3,(H,21,22). The van der Waals surface area contributed by atoms with Gasteiger partial charge in [0.05, 0.1) is 11.1 Å². The number of nitrogens with zero attached hydrogens (tertiary/aromatic N) is 5. The van der Waals surface area contributed by atoms with Crippen LogP contribution in [0.5, 0.6) is 0 Å². The zero-order valence-corrected chi connectivity index (χ0v) is 14.8. The van der Waals surface area contributed by atoms with Crippen LogP contribution < -0.4 is 10.3 Å². The molecule has 0 aliphatic heterocycles. The van der Waals surface area contributed by atoms with Crippen molar-refractivity contribution in [1.82, 2.24) is 10.2 Å². The first-order valence-electron chi connectivity index (χ1n) is 7.63. The monoisotopic (exact) mass is 370 g/mol. The van der Waals surface area contributed by atoms with E-state index in [-0.39, 0.29) is 5.69 Å². The van der Waals surface area contributed by atoms with Crippen molar-refractivity contribution in [3.63, 3.8) is 0 Å². The van der Waals surface area contributed by atoms with E-state index in [0.717, 1.165) is 10.8 Å². The highest BCUT2D eigenvalue weighted by molar-refractivity contribution is 6.34. The first-order valence-corrected chi connectivity index (χ1v) is 8.01. The van der Waals surface area contributed by atoms with Gasteiger partial charge in [-0.15, -0.1) is 10.2 Å². The van der Waals surface area contributed by atoms with Crippen molar-refractivity contribution in [1.29, 1.82) is 0 Å². The van der Waals surface area contributed by atoms with Gasteiger partial charge >= 0.3 is 0 Å². The Bertz CT molecular complexity index is 1010. The summed E-state index contributed by atoms with van der Waals surface area (Å²) in [5, 5.41) is 25.1. The number of hydrogen-bond acceptors (Lipinski definition) is 7. The van der Waals surface area contributed by atoms with Crippen LogP contribution in [0.3, 0.4) is 0 Å². The number of halogens is 1. The fourth-order valence-corrected chi connectivity index (χ4v) is 2.67. The predicted octanol–water partition coefficient (Wildman–Crippen LogP) is 3.70. The van der Waals surface area contributed by atoms with Crippen LogP contribution in [0.25, 0.3) is 10.8 Å². The lowest BCUT2D eigenvalue weighted by atomic mass is 10.2. The number of hydrogen-bond donors (Lipinski definition) is 1. The molecule has 0 aliphatic carbocycles. The van der Waals surface area contributed by atoms with E-state index in [1.165, 1.54) is 12.3 Å². The summed E-state index contributed by atoms with van der Waals surface area (Å²) in [4.78, 5) is 12.5. The molecule has 0 saturated carbocycles. The van der Waals surface area contributed by atoms with Crippen LogP contribution in [0.4, 0.5) is 17.2 Å². The van der Waals surface area contributed by atoms with Crippen molar-refractivity contribution < 1.29 is 4.92 Å². The van der Waals surface area contributed by atoms with Crippen molar-refractivity contribution in [3.8, 4) is 0 Å². The third-order valence-electron chi connectivity index (χ3n) is 3.70. The molecular formula is C17H15ClN6O2. The van der Waals surface area contributed by atoms with Crippen LogP contribution in [0.2, 0.25) is 5.15 Å². The molecule has 0 amide bonds. The van der Waals surface area contributed by atoms with E-state index in [0.29, 0.717) is 22.2 Å². The van der Waals surface area contributed by atoms with Gasteiger partial charge in [-0.05, 0) is 6.07 Å². The Morgan fingerprint density at radius 1 is 1.19 bits per heavy atom. The van der Waals surface area contributed by atoms with Gasteiger partial charge in [0.25, 0.3) is 5.69 Å². The summed E-state index contributed by atoms with van der Waals surface area (Å²) in [7, 11) is 3.50. The third kappa shape index (κ3) is 3.55. The van der Waals surface area contributed by atoms with Crippen molar-refractivity contribution >= 4 is 45.8 Å². The minimum atomic E-state index is -0.418. The first kappa shape index (κ1) is 17.6. The van der Waals surface area contributed by atoms with Crippen LogP contribution in [-0.2, 0) is 0 Å². The van der Waals surface area contributed by atoms with Crippen LogP contribution in [-0.4, -0.2) is 35.4 Å². The van der Waals surface area contributed by atoms with Crippen molar-refractivity contribution in [2.75, 3.05) is 24.4 Å². The Balaban J connectivity index is 1.87. The molecule has 0 unspecified atom stereocenters. The molecule has 3 rings (SSSR count). The van der Waals surface area contributed by atoms with Gasteiger partial charge in [0.2, 0.25) is 0 Å². The minimum Gasteiger partial charge on any atom is -0.372 e. The zero-order chi connectivity index (χ0) is 18.7. The van der Waals surface area contributed by atoms with Gasteiger partial charge in [-0.25, -0.2) is 0 Å². The Labute approximate surface area is 154 Å². The smallest absolute Gasteiger partial charge is 0.293 e. The molecule has 132 valence electrons. The lowest BCUT2D eigenvalue weighted by Crippen LogP contribution is -2.11. The highest BCUT2D eigenvalue weighted by Gasteiger charge is 2.15. The Kier molecular flexibility index (Phi) is 4.94. The maximum Gasteiger partial charge on any atom is 0.293 e. The number of aromatic nitrogens is 2. The van der Waals surface area contributed by atoms with Gasteiger partial charge in [0, 0.05) is 36.5 Å². The number of rotatable bonds is 5. The molecule has 2 aromatic carbocycles. The second-order valence-corrected chi connectivity index (χ2v) is 6.01. The van der Waals surface area contributed by atoms with E-state index >= 15 is 0 Å². The molecule has 1 N–H and O–H groups in total. The molecule has 26 heavy (non-hydrogen) atoms. The number of anilines is 2. The molecule has 3 aromatic rings. The van der Waals surface area contributed by atoms with Gasteiger partial charge in [-0.1, -0.05) is 41.9 Å². The molecule has 0 aliphatic rings. The van der Waals surface area contributed by atoms with Crippen LogP contribution in [0.15, 0.2) is 47.6 Å². The maximum atomic E-state index is 11.2. The summed E-state index contributed by atoms with van der Waals surface area (Å²) >= 11 is 6.04. The second-order valence-electron chi connectivity index (χ2n) is 5.65. The molecule has 0 radical (unpaired) electrons. The minimum absolute atomic E-state index is 0.00989. The second kappa shape index (κ2) is 7.32. The number of nitro benzene ring substituents is 1. The number of nitrogens with one attached hydrogen (secondary N) is 1. The van der Waals surface area contributed by atoms with Crippen LogP contribution >= 0.6 is 11.6 Å². The van der Waals surface area contributed by atoms with Crippen molar-refractivity contribution in [3.05, 3.63) is 63.3 Å². The van der Waals surface area contributed by atoms with Gasteiger partial charge < -0.3 is 4.90 Å². The lowest BCUT2D eigenvalue weighted by molar-refractivity contribution is -0.384. The quantitative estimate of drug-likeness (QED) is 0.418. The molecule has 0 atom stereocenters. The van der Waals surface area contributed by atoms with E-state index in [2.05, 4.69) is 20.7 Å². The average molecular weight is 371 g/mol. The summed E-state index contributed by atoms with van der Waals surface area (Å²) < 4.78 is 0. The highest BCUT2D eigenvalue weighted by atomic mass is 35.5. The van der Waals surface area contributed by atoms with E-state index in [9.17, 15) is 10.1 Å². The fraction of sp³-hybridized carbons (Fsp3) is 0.118. The van der Waals surface area contributed by atoms with Crippen molar-refractivity contribution in [2.24, 2.45) is 5.10 Å². The van der Waals surface area contributed by atoms with Gasteiger partial charge in [0.15, 0.2) is 11.0 Å². The molecule has 0 bridgehead atoms. The Morgan fingerprint density at radius 2 is 1.92 bits per heavy atom. The largest absolute Gasteiger partial charge is 0.372 e. The third-order valence-corrected chi connectivity index (χ3v) is 3.98. The summed E-state index contributed by atoms with van der Waals surface area (Å²) in [6, 6.07) is 12.3. The molecule has 9 heteroatoms. The molecule has 8 nitrogen and oxygen atoms in total. The SMILES string of the molecule is CN(C)c1ccc(C=NNc2nnc(Cl)c3ccccc23)cc1[N+](=O)[O-]. The predicted molar refractivity (Wildman–Crippen MR) is 103 cm³/mol. The molecule has 1 aromatic heterocycles. The number of fused-ring (bicyclic) bond motifs is 1. The molecule has 0 saturated heterocycles. The number of nitro groups is 1. The topological polar surface area (TPSA) is 96.5 Å². The van der Waals surface area contributed by atoms with Crippen LogP contribution in [0.1, 0.15) is 5.56 Å². The average Bonchev–Trinajstić information content (AvgIpc) is 2.63. The first-order chi connectivity index (χ1) is 12.5. The Hall–Kier alpha value is -3.26. The normalized spacial score (nSPS) is 11.0. The summed E-state index contributed by atoms with van der Waals surface area (Å²) in [6.07, 6.45) is 1.48. The van der Waals surface area contributed by atoms with Gasteiger partial charge in [-0.3, -0.25) is 15.5 Å². The van der Waals surface area contributed by atoms with Gasteiger partial charge in [0.1, 0.15) is 5.69 Å². The van der Waals surface area contributed by atoms with E-state index < -0.39 is 4.92 Å². The summed E-state index contributed by atoms with van der Waals surface area (Å²) in [5.74, 6) is 0.445.